The monoisotopic (exact) mass is 273 g/mol. The summed E-state index contributed by atoms with van der Waals surface area (Å²) in [6, 6.07) is 4.72. The van der Waals surface area contributed by atoms with Crippen molar-refractivity contribution in [3.8, 4) is 6.07 Å². The first-order valence-corrected chi connectivity index (χ1v) is 5.93. The van der Waals surface area contributed by atoms with E-state index in [-0.39, 0.29) is 12.2 Å². The van der Waals surface area contributed by atoms with Crippen molar-refractivity contribution >= 4 is 5.97 Å². The number of imidazole rings is 1. The fraction of sp³-hybridized carbons (Fsp3) is 0.214. The van der Waals surface area contributed by atoms with Crippen LogP contribution in [0.1, 0.15) is 29.4 Å². The van der Waals surface area contributed by atoms with Crippen LogP contribution in [0.4, 0.5) is 4.39 Å². The summed E-state index contributed by atoms with van der Waals surface area (Å²) in [7, 11) is 0. The molecule has 0 unspecified atom stereocenters. The van der Waals surface area contributed by atoms with Crippen LogP contribution in [0.15, 0.2) is 24.5 Å². The van der Waals surface area contributed by atoms with Crippen LogP contribution >= 0.6 is 0 Å². The number of esters is 1. The molecule has 20 heavy (non-hydrogen) atoms. The van der Waals surface area contributed by atoms with Crippen molar-refractivity contribution in [3.05, 3.63) is 52.9 Å². The maximum absolute atomic E-state index is 13.9. The zero-order chi connectivity index (χ0) is 14.5. The Labute approximate surface area is 115 Å². The Morgan fingerprint density at radius 2 is 2.35 bits per heavy atom. The summed E-state index contributed by atoms with van der Waals surface area (Å²) in [5.74, 6) is -0.419. The first-order chi connectivity index (χ1) is 9.60. The number of rotatable bonds is 4. The third kappa shape index (κ3) is 3.20. The van der Waals surface area contributed by atoms with Crippen LogP contribution in [0.5, 0.6) is 0 Å². The maximum atomic E-state index is 13.9. The van der Waals surface area contributed by atoms with Gasteiger partial charge in [0.25, 0.3) is 0 Å². The average molecular weight is 273 g/mol. The van der Waals surface area contributed by atoms with Gasteiger partial charge in [-0.15, -0.1) is 0 Å². The van der Waals surface area contributed by atoms with Gasteiger partial charge in [0, 0.05) is 31.3 Å². The van der Waals surface area contributed by atoms with E-state index in [1.54, 1.807) is 24.5 Å². The Hall–Kier alpha value is -2.68. The van der Waals surface area contributed by atoms with E-state index in [2.05, 4.69) is 9.97 Å². The molecule has 2 rings (SSSR count). The van der Waals surface area contributed by atoms with Gasteiger partial charge >= 0.3 is 5.97 Å². The lowest BCUT2D eigenvalue weighted by Gasteiger charge is -2.08. The summed E-state index contributed by atoms with van der Waals surface area (Å²) in [4.78, 5) is 17.8. The number of hydrogen-bond acceptors (Lipinski definition) is 4. The summed E-state index contributed by atoms with van der Waals surface area (Å²) in [6.45, 7) is 1.14. The molecule has 102 valence electrons. The summed E-state index contributed by atoms with van der Waals surface area (Å²) in [5.41, 5.74) is 0.900. The third-order valence-corrected chi connectivity index (χ3v) is 2.70. The second-order valence-corrected chi connectivity index (χ2v) is 4.22. The van der Waals surface area contributed by atoms with Crippen LogP contribution in [0.3, 0.4) is 0 Å². The van der Waals surface area contributed by atoms with Crippen molar-refractivity contribution in [1.29, 1.82) is 5.26 Å². The Bertz CT molecular complexity index is 660. The van der Waals surface area contributed by atoms with Gasteiger partial charge in [0.05, 0.1) is 5.56 Å². The van der Waals surface area contributed by atoms with E-state index < -0.39 is 11.8 Å². The van der Waals surface area contributed by atoms with Crippen LogP contribution in [0.2, 0.25) is 0 Å². The molecule has 0 fully saturated rings. The molecule has 1 N–H and O–H groups in total. The average Bonchev–Trinajstić information content (AvgIpc) is 2.88. The Balaban J connectivity index is 2.30. The van der Waals surface area contributed by atoms with Gasteiger partial charge in [-0.1, -0.05) is 6.07 Å². The lowest BCUT2D eigenvalue weighted by molar-refractivity contribution is -0.142. The number of H-pyrrole nitrogens is 1. The van der Waals surface area contributed by atoms with Gasteiger partial charge in [-0.25, -0.2) is 9.37 Å². The molecular weight excluding hydrogens is 261 g/mol. The van der Waals surface area contributed by atoms with E-state index in [0.717, 1.165) is 0 Å². The SMILES string of the molecule is CC(=O)OCc1cc(Cc2ncc[nH]2)cc(F)c1C#N. The number of benzene rings is 1. The topological polar surface area (TPSA) is 78.8 Å². The standard InChI is InChI=1S/C14H12FN3O2/c1-9(19)20-8-11-4-10(5-13(15)12(11)7-16)6-14-17-2-3-18-14/h2-5H,6,8H2,1H3,(H,17,18). The molecular formula is C14H12FN3O2. The maximum Gasteiger partial charge on any atom is 0.302 e. The molecule has 6 heteroatoms. The summed E-state index contributed by atoms with van der Waals surface area (Å²) < 4.78 is 18.7. The van der Waals surface area contributed by atoms with Gasteiger partial charge in [-0.2, -0.15) is 5.26 Å². The number of ether oxygens (including phenoxy) is 1. The first-order valence-electron chi connectivity index (χ1n) is 5.93. The van der Waals surface area contributed by atoms with Crippen molar-refractivity contribution < 1.29 is 13.9 Å². The minimum Gasteiger partial charge on any atom is -0.461 e. The Morgan fingerprint density at radius 1 is 1.55 bits per heavy atom. The molecule has 1 aromatic carbocycles. The minimum absolute atomic E-state index is 0.102. The number of carbonyl (C=O) groups excluding carboxylic acids is 1. The number of nitrogens with zero attached hydrogens (tertiary/aromatic N) is 2. The summed E-state index contributed by atoms with van der Waals surface area (Å²) >= 11 is 0. The summed E-state index contributed by atoms with van der Waals surface area (Å²) in [6.07, 6.45) is 3.69. The molecule has 0 atom stereocenters. The van der Waals surface area contributed by atoms with Crippen LogP contribution < -0.4 is 0 Å². The lowest BCUT2D eigenvalue weighted by Crippen LogP contribution is -2.04. The zero-order valence-electron chi connectivity index (χ0n) is 10.8. The number of aromatic nitrogens is 2. The van der Waals surface area contributed by atoms with Gasteiger partial charge in [0.2, 0.25) is 0 Å². The fourth-order valence-corrected chi connectivity index (χ4v) is 1.83. The van der Waals surface area contributed by atoms with E-state index in [4.69, 9.17) is 10.00 Å². The third-order valence-electron chi connectivity index (χ3n) is 2.70. The predicted octanol–water partition coefficient (Wildman–Crippen LogP) is 2.07. The highest BCUT2D eigenvalue weighted by Gasteiger charge is 2.12. The van der Waals surface area contributed by atoms with Crippen molar-refractivity contribution in [2.24, 2.45) is 0 Å². The number of carbonyl (C=O) groups is 1. The normalized spacial score (nSPS) is 10.1. The van der Waals surface area contributed by atoms with Crippen LogP contribution in [0.25, 0.3) is 0 Å². The van der Waals surface area contributed by atoms with Crippen LogP contribution in [-0.4, -0.2) is 15.9 Å². The molecule has 5 nitrogen and oxygen atoms in total. The molecule has 1 heterocycles. The van der Waals surface area contributed by atoms with E-state index in [9.17, 15) is 9.18 Å². The van der Waals surface area contributed by atoms with E-state index in [1.807, 2.05) is 0 Å². The van der Waals surface area contributed by atoms with Crippen molar-refractivity contribution in [2.75, 3.05) is 0 Å². The van der Waals surface area contributed by atoms with Crippen molar-refractivity contribution in [2.45, 2.75) is 20.0 Å². The molecule has 2 aromatic rings. The first kappa shape index (κ1) is 13.7. The quantitative estimate of drug-likeness (QED) is 0.865. The number of nitriles is 1. The highest BCUT2D eigenvalue weighted by molar-refractivity contribution is 5.66. The lowest BCUT2D eigenvalue weighted by atomic mass is 10.0. The molecule has 0 saturated heterocycles. The summed E-state index contributed by atoms with van der Waals surface area (Å²) in [5, 5.41) is 8.96. The van der Waals surface area contributed by atoms with E-state index in [1.165, 1.54) is 13.0 Å². The van der Waals surface area contributed by atoms with Gasteiger partial charge in [-0.05, 0) is 11.6 Å². The van der Waals surface area contributed by atoms with Gasteiger partial charge in [0.15, 0.2) is 0 Å². The smallest absolute Gasteiger partial charge is 0.302 e. The Morgan fingerprint density at radius 3 is 2.95 bits per heavy atom. The van der Waals surface area contributed by atoms with Gasteiger partial charge in [-0.3, -0.25) is 4.79 Å². The minimum atomic E-state index is -0.626. The highest BCUT2D eigenvalue weighted by atomic mass is 19.1. The zero-order valence-corrected chi connectivity index (χ0v) is 10.8. The van der Waals surface area contributed by atoms with E-state index >= 15 is 0 Å². The van der Waals surface area contributed by atoms with Crippen LogP contribution in [0, 0.1) is 17.1 Å². The number of aromatic amines is 1. The van der Waals surface area contributed by atoms with Crippen molar-refractivity contribution in [1.82, 2.24) is 9.97 Å². The fourth-order valence-electron chi connectivity index (χ4n) is 1.83. The molecule has 0 saturated carbocycles. The molecule has 1 aromatic heterocycles. The van der Waals surface area contributed by atoms with E-state index in [0.29, 0.717) is 23.4 Å². The van der Waals surface area contributed by atoms with Gasteiger partial charge in [0.1, 0.15) is 24.3 Å². The molecule has 0 spiro atoms. The predicted molar refractivity (Wildman–Crippen MR) is 68.0 cm³/mol. The molecule has 0 bridgehead atoms. The number of nitrogens with one attached hydrogen (secondary N) is 1. The molecule has 0 aliphatic heterocycles. The highest BCUT2D eigenvalue weighted by Crippen LogP contribution is 2.18. The number of halogens is 1. The second kappa shape index (κ2) is 5.97. The van der Waals surface area contributed by atoms with Crippen molar-refractivity contribution in [3.63, 3.8) is 0 Å². The second-order valence-electron chi connectivity index (χ2n) is 4.22. The number of hydrogen-bond donors (Lipinski definition) is 1. The molecule has 0 radical (unpaired) electrons. The largest absolute Gasteiger partial charge is 0.461 e. The van der Waals surface area contributed by atoms with Crippen LogP contribution in [-0.2, 0) is 22.6 Å². The molecule has 0 amide bonds. The molecule has 0 aliphatic rings. The molecule has 0 aliphatic carbocycles. The van der Waals surface area contributed by atoms with Gasteiger partial charge < -0.3 is 9.72 Å². The Kier molecular flexibility index (Phi) is 4.11.